The Bertz CT molecular complexity index is 1100. The van der Waals surface area contributed by atoms with E-state index in [1.165, 1.54) is 6.07 Å². The summed E-state index contributed by atoms with van der Waals surface area (Å²) in [4.78, 5) is 4.52. The first-order chi connectivity index (χ1) is 12.5. The van der Waals surface area contributed by atoms with E-state index < -0.39 is 11.7 Å². The lowest BCUT2D eigenvalue weighted by molar-refractivity contribution is -0.137. The van der Waals surface area contributed by atoms with E-state index in [4.69, 9.17) is 0 Å². The number of hydrogen-bond acceptors (Lipinski definition) is 4. The van der Waals surface area contributed by atoms with Crippen LogP contribution in [0.4, 0.5) is 24.7 Å². The zero-order valence-electron chi connectivity index (χ0n) is 13.7. The lowest BCUT2D eigenvalue weighted by Gasteiger charge is -2.12. The third-order valence-corrected chi connectivity index (χ3v) is 4.07. The summed E-state index contributed by atoms with van der Waals surface area (Å²) in [7, 11) is 0. The SMILES string of the molecule is CCc1nnc2c(Nc3cccc(C(F)(F)F)c3)nc3ccccc3n12. The Morgan fingerprint density at radius 3 is 2.62 bits per heavy atom. The standard InChI is InChI=1S/C18H14F3N5/c1-2-15-24-25-17-16(23-13-8-3-4-9-14(13)26(15)17)22-12-7-5-6-11(10-12)18(19,20)21/h3-10H,2H2,1H3,(H,22,23). The molecule has 0 aliphatic heterocycles. The first-order valence-electron chi connectivity index (χ1n) is 8.04. The zero-order valence-corrected chi connectivity index (χ0v) is 13.7. The van der Waals surface area contributed by atoms with E-state index in [-0.39, 0.29) is 5.69 Å². The highest BCUT2D eigenvalue weighted by Crippen LogP contribution is 2.32. The molecule has 0 aliphatic rings. The van der Waals surface area contributed by atoms with Gasteiger partial charge in [0, 0.05) is 12.1 Å². The minimum absolute atomic E-state index is 0.283. The Kier molecular flexibility index (Phi) is 3.75. The fraction of sp³-hybridized carbons (Fsp3) is 0.167. The largest absolute Gasteiger partial charge is 0.416 e. The van der Waals surface area contributed by atoms with Crippen LogP contribution in [-0.2, 0) is 12.6 Å². The molecule has 0 saturated carbocycles. The van der Waals surface area contributed by atoms with E-state index >= 15 is 0 Å². The molecular formula is C18H14F3N5. The Morgan fingerprint density at radius 1 is 1.04 bits per heavy atom. The Hall–Kier alpha value is -3.16. The molecular weight excluding hydrogens is 343 g/mol. The van der Waals surface area contributed by atoms with Crippen molar-refractivity contribution < 1.29 is 13.2 Å². The molecule has 1 N–H and O–H groups in total. The van der Waals surface area contributed by atoms with Crippen LogP contribution in [0.2, 0.25) is 0 Å². The predicted octanol–water partition coefficient (Wildman–Crippen LogP) is 4.60. The summed E-state index contributed by atoms with van der Waals surface area (Å²) in [6.45, 7) is 1.96. The highest BCUT2D eigenvalue weighted by Gasteiger charge is 2.30. The molecule has 2 aromatic heterocycles. The first kappa shape index (κ1) is 16.3. The maximum atomic E-state index is 12.9. The van der Waals surface area contributed by atoms with Crippen molar-refractivity contribution in [3.8, 4) is 0 Å². The van der Waals surface area contributed by atoms with Crippen molar-refractivity contribution in [2.24, 2.45) is 0 Å². The molecule has 0 radical (unpaired) electrons. The van der Waals surface area contributed by atoms with Crippen LogP contribution in [0.1, 0.15) is 18.3 Å². The van der Waals surface area contributed by atoms with Crippen molar-refractivity contribution in [3.63, 3.8) is 0 Å². The zero-order chi connectivity index (χ0) is 18.3. The molecule has 0 amide bonds. The van der Waals surface area contributed by atoms with Gasteiger partial charge in [0.05, 0.1) is 16.6 Å². The minimum atomic E-state index is -4.41. The van der Waals surface area contributed by atoms with Crippen LogP contribution in [0.15, 0.2) is 48.5 Å². The maximum absolute atomic E-state index is 12.9. The Labute approximate surface area is 146 Å². The first-order valence-corrected chi connectivity index (χ1v) is 8.04. The number of nitrogens with zero attached hydrogens (tertiary/aromatic N) is 4. The van der Waals surface area contributed by atoms with Crippen LogP contribution >= 0.6 is 0 Å². The number of benzene rings is 2. The summed E-state index contributed by atoms with van der Waals surface area (Å²) in [5.41, 5.74) is 1.57. The number of halogens is 3. The second kappa shape index (κ2) is 5.98. The molecule has 132 valence electrons. The highest BCUT2D eigenvalue weighted by molar-refractivity contribution is 5.84. The molecule has 0 bridgehead atoms. The number of anilines is 2. The van der Waals surface area contributed by atoms with Gasteiger partial charge in [0.25, 0.3) is 0 Å². The second-order valence-corrected chi connectivity index (χ2v) is 5.78. The summed E-state index contributed by atoms with van der Waals surface area (Å²) in [6, 6.07) is 12.5. The summed E-state index contributed by atoms with van der Waals surface area (Å²) in [5.74, 6) is 1.11. The molecule has 2 heterocycles. The fourth-order valence-electron chi connectivity index (χ4n) is 2.86. The van der Waals surface area contributed by atoms with Crippen molar-refractivity contribution in [1.29, 1.82) is 0 Å². The molecule has 4 rings (SSSR count). The van der Waals surface area contributed by atoms with E-state index in [0.29, 0.717) is 23.4 Å². The summed E-state index contributed by atoms with van der Waals surface area (Å²) < 4.78 is 40.7. The number of nitrogens with one attached hydrogen (secondary N) is 1. The third-order valence-electron chi connectivity index (χ3n) is 4.07. The van der Waals surface area contributed by atoms with Crippen molar-refractivity contribution in [2.45, 2.75) is 19.5 Å². The van der Waals surface area contributed by atoms with E-state index in [1.54, 1.807) is 6.07 Å². The molecule has 0 saturated heterocycles. The molecule has 0 fully saturated rings. The molecule has 5 nitrogen and oxygen atoms in total. The number of alkyl halides is 3. The van der Waals surface area contributed by atoms with Gasteiger partial charge in [-0.25, -0.2) is 4.98 Å². The van der Waals surface area contributed by atoms with E-state index in [2.05, 4.69) is 20.5 Å². The van der Waals surface area contributed by atoms with Gasteiger partial charge >= 0.3 is 6.18 Å². The molecule has 4 aromatic rings. The number of fused-ring (bicyclic) bond motifs is 3. The number of aromatic nitrogens is 4. The monoisotopic (exact) mass is 357 g/mol. The lowest BCUT2D eigenvalue weighted by atomic mass is 10.2. The molecule has 0 aliphatic carbocycles. The average molecular weight is 357 g/mol. The molecule has 0 unspecified atom stereocenters. The van der Waals surface area contributed by atoms with Crippen LogP contribution in [0.3, 0.4) is 0 Å². The van der Waals surface area contributed by atoms with Gasteiger partial charge in [0.2, 0.25) is 5.65 Å². The number of para-hydroxylation sites is 2. The van der Waals surface area contributed by atoms with Crippen LogP contribution in [-0.4, -0.2) is 19.6 Å². The van der Waals surface area contributed by atoms with Crippen LogP contribution in [0.25, 0.3) is 16.7 Å². The number of hydrogen-bond donors (Lipinski definition) is 1. The normalized spacial score (nSPS) is 12.0. The van der Waals surface area contributed by atoms with Gasteiger partial charge in [-0.3, -0.25) is 4.40 Å². The van der Waals surface area contributed by atoms with Crippen molar-refractivity contribution in [3.05, 3.63) is 59.9 Å². The van der Waals surface area contributed by atoms with Crippen LogP contribution < -0.4 is 5.32 Å². The van der Waals surface area contributed by atoms with Crippen molar-refractivity contribution in [1.82, 2.24) is 19.6 Å². The van der Waals surface area contributed by atoms with Crippen molar-refractivity contribution >= 4 is 28.2 Å². The Balaban J connectivity index is 1.88. The van der Waals surface area contributed by atoms with E-state index in [1.807, 2.05) is 35.6 Å². The Morgan fingerprint density at radius 2 is 1.85 bits per heavy atom. The molecule has 0 spiro atoms. The van der Waals surface area contributed by atoms with Gasteiger partial charge in [-0.1, -0.05) is 25.1 Å². The predicted molar refractivity (Wildman–Crippen MR) is 92.4 cm³/mol. The van der Waals surface area contributed by atoms with E-state index in [0.717, 1.165) is 23.5 Å². The van der Waals surface area contributed by atoms with E-state index in [9.17, 15) is 13.2 Å². The van der Waals surface area contributed by atoms with Gasteiger partial charge in [-0.15, -0.1) is 10.2 Å². The highest BCUT2D eigenvalue weighted by atomic mass is 19.4. The van der Waals surface area contributed by atoms with Crippen LogP contribution in [0.5, 0.6) is 0 Å². The van der Waals surface area contributed by atoms with Gasteiger partial charge in [0.15, 0.2) is 5.82 Å². The molecule has 2 aromatic carbocycles. The molecule has 8 heteroatoms. The van der Waals surface area contributed by atoms with Crippen molar-refractivity contribution in [2.75, 3.05) is 5.32 Å². The third kappa shape index (κ3) is 2.73. The smallest absolute Gasteiger partial charge is 0.337 e. The quantitative estimate of drug-likeness (QED) is 0.582. The number of rotatable bonds is 3. The summed E-state index contributed by atoms with van der Waals surface area (Å²) in [5, 5.41) is 11.3. The average Bonchev–Trinajstić information content (AvgIpc) is 3.06. The second-order valence-electron chi connectivity index (χ2n) is 5.78. The van der Waals surface area contributed by atoms with Gasteiger partial charge in [-0.2, -0.15) is 13.2 Å². The van der Waals surface area contributed by atoms with Crippen LogP contribution in [0, 0.1) is 0 Å². The lowest BCUT2D eigenvalue weighted by Crippen LogP contribution is -2.06. The summed E-state index contributed by atoms with van der Waals surface area (Å²) in [6.07, 6.45) is -3.74. The maximum Gasteiger partial charge on any atom is 0.416 e. The van der Waals surface area contributed by atoms with Gasteiger partial charge < -0.3 is 5.32 Å². The summed E-state index contributed by atoms with van der Waals surface area (Å²) >= 11 is 0. The minimum Gasteiger partial charge on any atom is -0.337 e. The van der Waals surface area contributed by atoms with Gasteiger partial charge in [-0.05, 0) is 30.3 Å². The molecule has 0 atom stereocenters. The topological polar surface area (TPSA) is 55.1 Å². The number of aryl methyl sites for hydroxylation is 1. The van der Waals surface area contributed by atoms with Gasteiger partial charge in [0.1, 0.15) is 5.82 Å². The molecule has 26 heavy (non-hydrogen) atoms. The fourth-order valence-corrected chi connectivity index (χ4v) is 2.86.